The number of rotatable bonds is 4. The average Bonchev–Trinajstić information content (AvgIpc) is 2.76. The highest BCUT2D eigenvalue weighted by Crippen LogP contribution is 2.20. The van der Waals surface area contributed by atoms with E-state index in [4.69, 9.17) is 0 Å². The van der Waals surface area contributed by atoms with E-state index in [0.717, 1.165) is 24.2 Å². The molecule has 0 unspecified atom stereocenters. The fourth-order valence-electron chi connectivity index (χ4n) is 1.72. The molecule has 90 valence electrons. The van der Waals surface area contributed by atoms with Gasteiger partial charge in [-0.15, -0.1) is 11.3 Å². The first-order valence-electron chi connectivity index (χ1n) is 5.76. The molecule has 17 heavy (non-hydrogen) atoms. The van der Waals surface area contributed by atoms with Gasteiger partial charge in [0.25, 0.3) is 0 Å². The molecule has 0 saturated heterocycles. The van der Waals surface area contributed by atoms with Crippen LogP contribution in [0.3, 0.4) is 0 Å². The molecule has 0 spiro atoms. The van der Waals surface area contributed by atoms with Crippen molar-refractivity contribution < 1.29 is 4.39 Å². The summed E-state index contributed by atoms with van der Waals surface area (Å²) in [7, 11) is 0. The first-order valence-corrected chi connectivity index (χ1v) is 6.58. The number of anilines is 1. The molecular weight excluding hydrogens is 233 g/mol. The van der Waals surface area contributed by atoms with E-state index in [1.54, 1.807) is 12.1 Å². The summed E-state index contributed by atoms with van der Waals surface area (Å²) in [4.78, 5) is 2.71. The van der Waals surface area contributed by atoms with Gasteiger partial charge in [0.05, 0.1) is 0 Å². The molecule has 0 saturated carbocycles. The van der Waals surface area contributed by atoms with Crippen molar-refractivity contribution in [1.29, 1.82) is 0 Å². The summed E-state index contributed by atoms with van der Waals surface area (Å²) in [6.45, 7) is 4.88. The van der Waals surface area contributed by atoms with Crippen LogP contribution >= 0.6 is 11.3 Å². The van der Waals surface area contributed by atoms with Gasteiger partial charge in [0, 0.05) is 22.0 Å². The topological polar surface area (TPSA) is 12.0 Å². The zero-order chi connectivity index (χ0) is 12.3. The molecule has 1 aromatic heterocycles. The number of nitrogens with one attached hydrogen (secondary N) is 1. The Labute approximate surface area is 105 Å². The fourth-order valence-corrected chi connectivity index (χ4v) is 2.61. The van der Waals surface area contributed by atoms with Gasteiger partial charge in [-0.05, 0) is 49.2 Å². The molecule has 0 aliphatic carbocycles. The molecule has 0 aliphatic heterocycles. The minimum atomic E-state index is -0.183. The Hall–Kier alpha value is -1.35. The number of hydrogen-bond acceptors (Lipinski definition) is 2. The highest BCUT2D eigenvalue weighted by Gasteiger charge is 2.01. The Morgan fingerprint density at radius 1 is 1.18 bits per heavy atom. The van der Waals surface area contributed by atoms with E-state index in [0.29, 0.717) is 0 Å². The van der Waals surface area contributed by atoms with Crippen LogP contribution in [0, 0.1) is 12.7 Å². The number of aryl methyl sites for hydroxylation is 2. The van der Waals surface area contributed by atoms with Gasteiger partial charge >= 0.3 is 0 Å². The van der Waals surface area contributed by atoms with E-state index in [1.807, 2.05) is 18.3 Å². The highest BCUT2D eigenvalue weighted by molar-refractivity contribution is 7.12. The smallest absolute Gasteiger partial charge is 0.123 e. The highest BCUT2D eigenvalue weighted by atomic mass is 32.1. The molecule has 0 aliphatic rings. The van der Waals surface area contributed by atoms with Crippen LogP contribution in [-0.4, -0.2) is 0 Å². The first kappa shape index (κ1) is 12.1. The maximum absolute atomic E-state index is 12.9. The Bertz CT molecular complexity index is 505. The standard InChI is InChI=1S/C14H16FNS/c1-3-12-5-6-13(17-12)9-16-14-7-4-11(15)8-10(14)2/h4-8,16H,3,9H2,1-2H3. The van der Waals surface area contributed by atoms with Gasteiger partial charge in [0.15, 0.2) is 0 Å². The van der Waals surface area contributed by atoms with E-state index in [1.165, 1.54) is 15.8 Å². The van der Waals surface area contributed by atoms with Crippen molar-refractivity contribution in [2.45, 2.75) is 26.8 Å². The molecule has 0 amide bonds. The van der Waals surface area contributed by atoms with Crippen molar-refractivity contribution in [3.05, 3.63) is 51.5 Å². The van der Waals surface area contributed by atoms with Crippen molar-refractivity contribution >= 4 is 17.0 Å². The molecular formula is C14H16FNS. The molecule has 1 heterocycles. The monoisotopic (exact) mass is 249 g/mol. The minimum absolute atomic E-state index is 0.183. The fraction of sp³-hybridized carbons (Fsp3) is 0.286. The molecule has 1 nitrogen and oxygen atoms in total. The molecule has 1 aromatic carbocycles. The van der Waals surface area contributed by atoms with Crippen molar-refractivity contribution in [1.82, 2.24) is 0 Å². The number of thiophene rings is 1. The molecule has 0 fully saturated rings. The number of halogens is 1. The maximum Gasteiger partial charge on any atom is 0.123 e. The van der Waals surface area contributed by atoms with Crippen LogP contribution in [0.25, 0.3) is 0 Å². The van der Waals surface area contributed by atoms with Gasteiger partial charge in [-0.2, -0.15) is 0 Å². The largest absolute Gasteiger partial charge is 0.380 e. The second kappa shape index (κ2) is 5.32. The Balaban J connectivity index is 2.02. The summed E-state index contributed by atoms with van der Waals surface area (Å²) in [5.41, 5.74) is 1.94. The van der Waals surface area contributed by atoms with Gasteiger partial charge in [0.1, 0.15) is 5.82 Å². The summed E-state index contributed by atoms with van der Waals surface area (Å²) in [6.07, 6.45) is 1.08. The number of hydrogen-bond donors (Lipinski definition) is 1. The first-order chi connectivity index (χ1) is 8.19. The lowest BCUT2D eigenvalue weighted by atomic mass is 10.2. The third-order valence-corrected chi connectivity index (χ3v) is 3.94. The predicted molar refractivity (Wildman–Crippen MR) is 72.2 cm³/mol. The zero-order valence-corrected chi connectivity index (χ0v) is 10.9. The quantitative estimate of drug-likeness (QED) is 0.848. The minimum Gasteiger partial charge on any atom is -0.380 e. The van der Waals surface area contributed by atoms with E-state index in [2.05, 4.69) is 24.4 Å². The second-order valence-corrected chi connectivity index (χ2v) is 5.29. The van der Waals surface area contributed by atoms with Crippen LogP contribution in [0.4, 0.5) is 10.1 Å². The lowest BCUT2D eigenvalue weighted by Gasteiger charge is -2.08. The van der Waals surface area contributed by atoms with Crippen LogP contribution in [0.15, 0.2) is 30.3 Å². The van der Waals surface area contributed by atoms with Crippen LogP contribution in [0.1, 0.15) is 22.2 Å². The van der Waals surface area contributed by atoms with Crippen molar-refractivity contribution in [2.75, 3.05) is 5.32 Å². The Morgan fingerprint density at radius 3 is 2.59 bits per heavy atom. The Morgan fingerprint density at radius 2 is 1.94 bits per heavy atom. The molecule has 0 bridgehead atoms. The molecule has 1 N–H and O–H groups in total. The third-order valence-electron chi connectivity index (χ3n) is 2.71. The third kappa shape index (κ3) is 3.07. The van der Waals surface area contributed by atoms with E-state index >= 15 is 0 Å². The van der Waals surface area contributed by atoms with Crippen molar-refractivity contribution in [3.8, 4) is 0 Å². The summed E-state index contributed by atoms with van der Waals surface area (Å²) >= 11 is 1.82. The maximum atomic E-state index is 12.9. The summed E-state index contributed by atoms with van der Waals surface area (Å²) in [5, 5.41) is 3.34. The average molecular weight is 249 g/mol. The molecule has 0 radical (unpaired) electrons. The molecule has 3 heteroatoms. The second-order valence-electron chi connectivity index (χ2n) is 4.03. The lowest BCUT2D eigenvalue weighted by Crippen LogP contribution is -1.99. The molecule has 2 aromatic rings. The van der Waals surface area contributed by atoms with Gasteiger partial charge in [-0.25, -0.2) is 4.39 Å². The summed E-state index contributed by atoms with van der Waals surface area (Å²) < 4.78 is 12.9. The summed E-state index contributed by atoms with van der Waals surface area (Å²) in [5.74, 6) is -0.183. The van der Waals surface area contributed by atoms with Crippen molar-refractivity contribution in [3.63, 3.8) is 0 Å². The number of benzene rings is 1. The van der Waals surface area contributed by atoms with Gasteiger partial charge in [0.2, 0.25) is 0 Å². The van der Waals surface area contributed by atoms with Crippen LogP contribution in [0.2, 0.25) is 0 Å². The van der Waals surface area contributed by atoms with E-state index < -0.39 is 0 Å². The SMILES string of the molecule is CCc1ccc(CNc2ccc(F)cc2C)s1. The van der Waals surface area contributed by atoms with E-state index in [9.17, 15) is 4.39 Å². The Kier molecular flexibility index (Phi) is 3.79. The van der Waals surface area contributed by atoms with Gasteiger partial charge < -0.3 is 5.32 Å². The predicted octanol–water partition coefficient (Wildman–Crippen LogP) is 4.37. The van der Waals surface area contributed by atoms with Gasteiger partial charge in [-0.3, -0.25) is 0 Å². The van der Waals surface area contributed by atoms with E-state index in [-0.39, 0.29) is 5.82 Å². The van der Waals surface area contributed by atoms with Crippen LogP contribution < -0.4 is 5.32 Å². The summed E-state index contributed by atoms with van der Waals surface area (Å²) in [6, 6.07) is 9.14. The zero-order valence-electron chi connectivity index (χ0n) is 10.1. The molecule has 2 rings (SSSR count). The molecule has 0 atom stereocenters. The van der Waals surface area contributed by atoms with Crippen molar-refractivity contribution in [2.24, 2.45) is 0 Å². The van der Waals surface area contributed by atoms with Crippen LogP contribution in [0.5, 0.6) is 0 Å². The normalized spacial score (nSPS) is 10.5. The lowest BCUT2D eigenvalue weighted by molar-refractivity contribution is 0.627. The van der Waals surface area contributed by atoms with Gasteiger partial charge in [-0.1, -0.05) is 6.92 Å². The van der Waals surface area contributed by atoms with Crippen LogP contribution in [-0.2, 0) is 13.0 Å².